The van der Waals surface area contributed by atoms with E-state index in [0.29, 0.717) is 12.5 Å². The topological polar surface area (TPSA) is 38.8 Å². The second-order valence-electron chi connectivity index (χ2n) is 4.17. The Morgan fingerprint density at radius 1 is 1.36 bits per heavy atom. The van der Waals surface area contributed by atoms with E-state index in [1.807, 2.05) is 6.92 Å². The van der Waals surface area contributed by atoms with Gasteiger partial charge in [0.2, 0.25) is 0 Å². The van der Waals surface area contributed by atoms with Crippen LogP contribution in [0.15, 0.2) is 0 Å². The summed E-state index contributed by atoms with van der Waals surface area (Å²) in [7, 11) is 0. The van der Waals surface area contributed by atoms with Gasteiger partial charge in [0.1, 0.15) is 0 Å². The Morgan fingerprint density at radius 2 is 2.07 bits per heavy atom. The molecule has 1 aliphatic heterocycles. The predicted octanol–water partition coefficient (Wildman–Crippen LogP) is 1.90. The highest BCUT2D eigenvalue weighted by Gasteiger charge is 2.50. The van der Waals surface area contributed by atoms with Crippen LogP contribution in [0, 0.1) is 5.92 Å². The van der Waals surface area contributed by atoms with Crippen molar-refractivity contribution in [2.24, 2.45) is 5.92 Å². The second kappa shape index (κ2) is 4.30. The molecule has 2 atom stereocenters. The molecule has 1 saturated heterocycles. The van der Waals surface area contributed by atoms with E-state index >= 15 is 0 Å². The van der Waals surface area contributed by atoms with Crippen LogP contribution in [-0.2, 0) is 14.3 Å². The third-order valence-electron chi connectivity index (χ3n) is 3.16. The van der Waals surface area contributed by atoms with Crippen LogP contribution in [0.2, 0.25) is 0 Å². The molecule has 0 radical (unpaired) electrons. The second-order valence-corrected chi connectivity index (χ2v) is 4.17. The molecule has 0 amide bonds. The first-order chi connectivity index (χ1) is 6.83. The molecule has 0 N–H and O–H groups in total. The van der Waals surface area contributed by atoms with Crippen molar-refractivity contribution in [2.45, 2.75) is 51.2 Å². The fourth-order valence-corrected chi connectivity index (χ4v) is 2.36. The van der Waals surface area contributed by atoms with Crippen LogP contribution in [0.25, 0.3) is 0 Å². The molecule has 1 heterocycles. The lowest BCUT2D eigenvalue weighted by atomic mass is 9.86. The molecule has 0 aromatic carbocycles. The molecule has 2 aliphatic rings. The highest BCUT2D eigenvalue weighted by Crippen LogP contribution is 2.38. The van der Waals surface area contributed by atoms with E-state index in [1.165, 1.54) is 32.1 Å². The zero-order chi connectivity index (χ0) is 9.97. The van der Waals surface area contributed by atoms with Crippen molar-refractivity contribution in [3.63, 3.8) is 0 Å². The predicted molar refractivity (Wildman–Crippen MR) is 51.9 cm³/mol. The van der Waals surface area contributed by atoms with Crippen LogP contribution in [-0.4, -0.2) is 24.8 Å². The van der Waals surface area contributed by atoms with E-state index in [0.717, 1.165) is 0 Å². The van der Waals surface area contributed by atoms with Gasteiger partial charge in [-0.1, -0.05) is 19.3 Å². The average Bonchev–Trinajstić information content (AvgIpc) is 2.99. The summed E-state index contributed by atoms with van der Waals surface area (Å²) >= 11 is 0. The quantitative estimate of drug-likeness (QED) is 0.513. The number of carbonyl (C=O) groups excluding carboxylic acids is 1. The summed E-state index contributed by atoms with van der Waals surface area (Å²) in [6.45, 7) is 2.28. The van der Waals surface area contributed by atoms with Crippen molar-refractivity contribution in [1.82, 2.24) is 0 Å². The van der Waals surface area contributed by atoms with Gasteiger partial charge in [-0.3, -0.25) is 0 Å². The van der Waals surface area contributed by atoms with Crippen LogP contribution < -0.4 is 0 Å². The lowest BCUT2D eigenvalue weighted by molar-refractivity contribution is -0.144. The van der Waals surface area contributed by atoms with Crippen LogP contribution in [0.4, 0.5) is 0 Å². The molecule has 0 spiro atoms. The maximum absolute atomic E-state index is 11.3. The molecule has 0 aromatic heterocycles. The van der Waals surface area contributed by atoms with Crippen LogP contribution in [0.5, 0.6) is 0 Å². The Labute approximate surface area is 84.8 Å². The Hall–Kier alpha value is -0.570. The summed E-state index contributed by atoms with van der Waals surface area (Å²) in [5.74, 6) is 0.446. The summed E-state index contributed by atoms with van der Waals surface area (Å²) in [5.41, 5.74) is 0. The van der Waals surface area contributed by atoms with E-state index < -0.39 is 0 Å². The Kier molecular flexibility index (Phi) is 3.06. The molecular formula is C11H18O3. The summed E-state index contributed by atoms with van der Waals surface area (Å²) < 4.78 is 10.3. The van der Waals surface area contributed by atoms with Gasteiger partial charge in [-0.25, -0.2) is 4.79 Å². The molecule has 3 heteroatoms. The fraction of sp³-hybridized carbons (Fsp3) is 0.909. The standard InChI is InChI=1S/C11H18O3/c1-2-13-11(12)10-9(14-10)8-6-4-3-5-7-8/h8-10H,2-7H2,1H3. The van der Waals surface area contributed by atoms with Gasteiger partial charge in [0.15, 0.2) is 6.10 Å². The van der Waals surface area contributed by atoms with Gasteiger partial charge in [-0.05, 0) is 25.7 Å². The smallest absolute Gasteiger partial charge is 0.338 e. The van der Waals surface area contributed by atoms with Gasteiger partial charge in [0.25, 0.3) is 0 Å². The van der Waals surface area contributed by atoms with E-state index in [9.17, 15) is 4.79 Å². The first-order valence-corrected chi connectivity index (χ1v) is 5.65. The van der Waals surface area contributed by atoms with Crippen molar-refractivity contribution >= 4 is 5.97 Å². The zero-order valence-corrected chi connectivity index (χ0v) is 8.70. The lowest BCUT2D eigenvalue weighted by Crippen LogP contribution is -2.20. The van der Waals surface area contributed by atoms with Gasteiger partial charge >= 0.3 is 5.97 Å². The van der Waals surface area contributed by atoms with Crippen molar-refractivity contribution < 1.29 is 14.3 Å². The minimum atomic E-state index is -0.238. The molecule has 0 bridgehead atoms. The maximum atomic E-state index is 11.3. The number of hydrogen-bond donors (Lipinski definition) is 0. The molecule has 2 fully saturated rings. The van der Waals surface area contributed by atoms with E-state index in [2.05, 4.69) is 0 Å². The normalized spacial score (nSPS) is 32.6. The summed E-state index contributed by atoms with van der Waals surface area (Å²) in [6, 6.07) is 0. The molecule has 1 saturated carbocycles. The fourth-order valence-electron chi connectivity index (χ4n) is 2.36. The van der Waals surface area contributed by atoms with Crippen molar-refractivity contribution in [2.75, 3.05) is 6.61 Å². The number of carbonyl (C=O) groups is 1. The number of hydrogen-bond acceptors (Lipinski definition) is 3. The SMILES string of the molecule is CCOC(=O)C1OC1C1CCCCC1. The Morgan fingerprint density at radius 3 is 2.71 bits per heavy atom. The van der Waals surface area contributed by atoms with Gasteiger partial charge in [0.05, 0.1) is 12.7 Å². The average molecular weight is 198 g/mol. The van der Waals surface area contributed by atoms with Crippen LogP contribution >= 0.6 is 0 Å². The Bertz CT molecular complexity index is 209. The van der Waals surface area contributed by atoms with Gasteiger partial charge in [-0.15, -0.1) is 0 Å². The number of ether oxygens (including phenoxy) is 2. The molecule has 1 aliphatic carbocycles. The molecular weight excluding hydrogens is 180 g/mol. The van der Waals surface area contributed by atoms with E-state index in [1.54, 1.807) is 0 Å². The van der Waals surface area contributed by atoms with E-state index in [4.69, 9.17) is 9.47 Å². The van der Waals surface area contributed by atoms with Crippen molar-refractivity contribution in [3.05, 3.63) is 0 Å². The third-order valence-corrected chi connectivity index (χ3v) is 3.16. The monoisotopic (exact) mass is 198 g/mol. The van der Waals surface area contributed by atoms with Crippen molar-refractivity contribution in [1.29, 1.82) is 0 Å². The van der Waals surface area contributed by atoms with E-state index in [-0.39, 0.29) is 18.2 Å². The molecule has 2 unspecified atom stereocenters. The molecule has 0 aromatic rings. The maximum Gasteiger partial charge on any atom is 0.338 e. The van der Waals surface area contributed by atoms with Crippen molar-refractivity contribution in [3.8, 4) is 0 Å². The first kappa shape index (κ1) is 9.97. The van der Waals surface area contributed by atoms with Gasteiger partial charge < -0.3 is 9.47 Å². The number of epoxide rings is 1. The van der Waals surface area contributed by atoms with Gasteiger partial charge in [-0.2, -0.15) is 0 Å². The largest absolute Gasteiger partial charge is 0.464 e. The Balaban J connectivity index is 1.77. The molecule has 80 valence electrons. The minimum Gasteiger partial charge on any atom is -0.464 e. The number of esters is 1. The highest BCUT2D eigenvalue weighted by molar-refractivity contribution is 5.78. The molecule has 2 rings (SSSR count). The summed E-state index contributed by atoms with van der Waals surface area (Å²) in [4.78, 5) is 11.3. The summed E-state index contributed by atoms with van der Waals surface area (Å²) in [5, 5.41) is 0. The zero-order valence-electron chi connectivity index (χ0n) is 8.70. The lowest BCUT2D eigenvalue weighted by Gasteiger charge is -2.19. The number of rotatable bonds is 3. The molecule has 14 heavy (non-hydrogen) atoms. The summed E-state index contributed by atoms with van der Waals surface area (Å²) in [6.07, 6.45) is 6.31. The first-order valence-electron chi connectivity index (χ1n) is 5.65. The molecule has 3 nitrogen and oxygen atoms in total. The van der Waals surface area contributed by atoms with Crippen LogP contribution in [0.3, 0.4) is 0 Å². The van der Waals surface area contributed by atoms with Gasteiger partial charge in [0, 0.05) is 0 Å². The third kappa shape index (κ3) is 2.08. The highest BCUT2D eigenvalue weighted by atomic mass is 16.6. The minimum absolute atomic E-state index is 0.164. The van der Waals surface area contributed by atoms with Crippen LogP contribution in [0.1, 0.15) is 39.0 Å².